The van der Waals surface area contributed by atoms with Gasteiger partial charge in [0.1, 0.15) is 11.4 Å². The lowest BCUT2D eigenvalue weighted by Gasteiger charge is -2.34. The van der Waals surface area contributed by atoms with Gasteiger partial charge in [-0.1, -0.05) is 39.0 Å². The minimum absolute atomic E-state index is 0.166. The van der Waals surface area contributed by atoms with Crippen LogP contribution in [0.3, 0.4) is 0 Å². The molecule has 0 heterocycles. The van der Waals surface area contributed by atoms with E-state index in [4.69, 9.17) is 4.74 Å². The Morgan fingerprint density at radius 2 is 1.74 bits per heavy atom. The molecule has 0 saturated carbocycles. The highest BCUT2D eigenvalue weighted by molar-refractivity contribution is 5.78. The van der Waals surface area contributed by atoms with Gasteiger partial charge in [-0.05, 0) is 51.2 Å². The molecule has 0 spiro atoms. The number of halogens is 1. The second kappa shape index (κ2) is 9.72. The first-order valence-corrected chi connectivity index (χ1v) is 9.54. The van der Waals surface area contributed by atoms with Gasteiger partial charge in [0, 0.05) is 13.0 Å². The average Bonchev–Trinajstić information content (AvgIpc) is 2.57. The van der Waals surface area contributed by atoms with Gasteiger partial charge in [0.25, 0.3) is 0 Å². The predicted molar refractivity (Wildman–Crippen MR) is 105 cm³/mol. The zero-order valence-corrected chi connectivity index (χ0v) is 17.3. The van der Waals surface area contributed by atoms with Crippen molar-refractivity contribution in [3.05, 3.63) is 35.6 Å². The van der Waals surface area contributed by atoms with Crippen LogP contribution in [0.15, 0.2) is 24.3 Å². The Morgan fingerprint density at radius 3 is 2.26 bits per heavy atom. The van der Waals surface area contributed by atoms with E-state index in [0.717, 1.165) is 0 Å². The molecule has 0 fully saturated rings. The molecule has 6 heteroatoms. The van der Waals surface area contributed by atoms with E-state index in [0.29, 0.717) is 18.4 Å². The Labute approximate surface area is 162 Å². The Balaban J connectivity index is 2.70. The van der Waals surface area contributed by atoms with Crippen molar-refractivity contribution in [1.29, 1.82) is 0 Å². The van der Waals surface area contributed by atoms with Gasteiger partial charge < -0.3 is 15.4 Å². The van der Waals surface area contributed by atoms with Crippen molar-refractivity contribution in [2.75, 3.05) is 6.54 Å². The zero-order chi connectivity index (χ0) is 20.7. The van der Waals surface area contributed by atoms with E-state index >= 15 is 0 Å². The van der Waals surface area contributed by atoms with Crippen LogP contribution in [0.25, 0.3) is 0 Å². The van der Waals surface area contributed by atoms with Crippen LogP contribution < -0.4 is 10.6 Å². The van der Waals surface area contributed by atoms with Crippen molar-refractivity contribution in [2.45, 2.75) is 77.9 Å². The summed E-state index contributed by atoms with van der Waals surface area (Å²) in [5, 5.41) is 5.78. The second-order valence-corrected chi connectivity index (χ2v) is 8.02. The first kappa shape index (κ1) is 22.9. The first-order valence-electron chi connectivity index (χ1n) is 9.54. The molecule has 2 amide bonds. The van der Waals surface area contributed by atoms with Crippen molar-refractivity contribution in [3.8, 4) is 0 Å². The first-order chi connectivity index (χ1) is 12.5. The maximum atomic E-state index is 13.9. The number of alkyl carbamates (subject to hydrolysis) is 1. The van der Waals surface area contributed by atoms with E-state index in [2.05, 4.69) is 10.6 Å². The van der Waals surface area contributed by atoms with Crippen LogP contribution in [0.5, 0.6) is 0 Å². The Kier molecular flexibility index (Phi) is 8.25. The molecule has 152 valence electrons. The maximum Gasteiger partial charge on any atom is 0.407 e. The van der Waals surface area contributed by atoms with Gasteiger partial charge >= 0.3 is 6.09 Å². The van der Waals surface area contributed by atoms with Crippen LogP contribution in [0.4, 0.5) is 9.18 Å². The summed E-state index contributed by atoms with van der Waals surface area (Å²) in [6.45, 7) is 11.4. The van der Waals surface area contributed by atoms with Crippen LogP contribution in [0.1, 0.15) is 72.3 Å². The number of carbonyl (C=O) groups is 2. The number of ether oxygens (including phenoxy) is 1. The third-order valence-electron chi connectivity index (χ3n) is 4.66. The lowest BCUT2D eigenvalue weighted by atomic mass is 9.91. The van der Waals surface area contributed by atoms with E-state index in [1.807, 2.05) is 20.8 Å². The Morgan fingerprint density at radius 1 is 1.15 bits per heavy atom. The highest BCUT2D eigenvalue weighted by Crippen LogP contribution is 2.23. The van der Waals surface area contributed by atoms with E-state index in [9.17, 15) is 14.0 Å². The number of carbonyl (C=O) groups excluding carboxylic acids is 2. The van der Waals surface area contributed by atoms with Gasteiger partial charge in [-0.2, -0.15) is 0 Å². The summed E-state index contributed by atoms with van der Waals surface area (Å²) in [5.41, 5.74) is -0.620. The van der Waals surface area contributed by atoms with Gasteiger partial charge in [-0.15, -0.1) is 0 Å². The summed E-state index contributed by atoms with van der Waals surface area (Å²) in [7, 11) is 0. The van der Waals surface area contributed by atoms with Crippen LogP contribution in [-0.2, 0) is 9.53 Å². The van der Waals surface area contributed by atoms with Gasteiger partial charge in [0.2, 0.25) is 5.91 Å². The minimum atomic E-state index is -0.580. The molecule has 0 aliphatic heterocycles. The monoisotopic (exact) mass is 380 g/mol. The van der Waals surface area contributed by atoms with Crippen molar-refractivity contribution in [1.82, 2.24) is 10.6 Å². The number of amides is 2. The van der Waals surface area contributed by atoms with E-state index in [1.165, 1.54) is 6.07 Å². The van der Waals surface area contributed by atoms with Crippen LogP contribution in [-0.4, -0.2) is 29.7 Å². The zero-order valence-electron chi connectivity index (χ0n) is 17.3. The number of rotatable bonds is 8. The smallest absolute Gasteiger partial charge is 0.407 e. The molecule has 5 nitrogen and oxygen atoms in total. The van der Waals surface area contributed by atoms with Crippen molar-refractivity contribution < 1.29 is 18.7 Å². The summed E-state index contributed by atoms with van der Waals surface area (Å²) in [4.78, 5) is 24.5. The summed E-state index contributed by atoms with van der Waals surface area (Å²) >= 11 is 0. The molecular formula is C21H33FN2O3. The molecule has 1 aromatic carbocycles. The standard InChI is InChI=1S/C21H33FN2O3/c1-7-21(8-2,14-23-19(26)27-20(4,5)6)24-18(25)13-15(3)16-11-9-10-12-17(16)22/h9-12,15H,7-8,13-14H2,1-6H3,(H,23,26)(H,24,25). The van der Waals surface area contributed by atoms with Crippen molar-refractivity contribution in [3.63, 3.8) is 0 Å². The summed E-state index contributed by atoms with van der Waals surface area (Å²) < 4.78 is 19.2. The molecule has 0 aliphatic carbocycles. The molecule has 0 bridgehead atoms. The molecule has 0 saturated heterocycles. The van der Waals surface area contributed by atoms with Gasteiger partial charge in [-0.25, -0.2) is 9.18 Å². The van der Waals surface area contributed by atoms with E-state index in [-0.39, 0.29) is 30.6 Å². The van der Waals surface area contributed by atoms with Gasteiger partial charge in [-0.3, -0.25) is 4.79 Å². The molecular weight excluding hydrogens is 347 g/mol. The number of benzene rings is 1. The fourth-order valence-corrected chi connectivity index (χ4v) is 2.89. The van der Waals surface area contributed by atoms with Gasteiger partial charge in [0.15, 0.2) is 0 Å². The Bertz CT molecular complexity index is 637. The maximum absolute atomic E-state index is 13.9. The molecule has 1 rings (SSSR count). The normalized spacial score (nSPS) is 13.0. The lowest BCUT2D eigenvalue weighted by Crippen LogP contribution is -2.55. The molecule has 0 aliphatic rings. The summed E-state index contributed by atoms with van der Waals surface area (Å²) in [6.07, 6.45) is 0.968. The molecule has 27 heavy (non-hydrogen) atoms. The van der Waals surface area contributed by atoms with E-state index < -0.39 is 17.2 Å². The average molecular weight is 381 g/mol. The largest absolute Gasteiger partial charge is 0.444 e. The molecule has 1 unspecified atom stereocenters. The summed E-state index contributed by atoms with van der Waals surface area (Å²) in [5.74, 6) is -0.710. The number of hydrogen-bond acceptors (Lipinski definition) is 3. The Hall–Kier alpha value is -2.11. The predicted octanol–water partition coefficient (Wildman–Crippen LogP) is 4.52. The van der Waals surface area contributed by atoms with Crippen LogP contribution >= 0.6 is 0 Å². The topological polar surface area (TPSA) is 67.4 Å². The fraction of sp³-hybridized carbons (Fsp3) is 0.619. The van der Waals surface area contributed by atoms with Crippen LogP contribution in [0, 0.1) is 5.82 Å². The number of nitrogens with one attached hydrogen (secondary N) is 2. The van der Waals surface area contributed by atoms with Crippen molar-refractivity contribution >= 4 is 12.0 Å². The highest BCUT2D eigenvalue weighted by atomic mass is 19.1. The van der Waals surface area contributed by atoms with E-state index in [1.54, 1.807) is 39.0 Å². The highest BCUT2D eigenvalue weighted by Gasteiger charge is 2.30. The quantitative estimate of drug-likeness (QED) is 0.697. The van der Waals surface area contributed by atoms with Gasteiger partial charge in [0.05, 0.1) is 5.54 Å². The second-order valence-electron chi connectivity index (χ2n) is 8.02. The molecule has 0 aromatic heterocycles. The third-order valence-corrected chi connectivity index (χ3v) is 4.66. The number of hydrogen-bond donors (Lipinski definition) is 2. The molecule has 0 radical (unpaired) electrons. The minimum Gasteiger partial charge on any atom is -0.444 e. The molecule has 2 N–H and O–H groups in total. The lowest BCUT2D eigenvalue weighted by molar-refractivity contribution is -0.123. The molecule has 1 aromatic rings. The van der Waals surface area contributed by atoms with Crippen LogP contribution in [0.2, 0.25) is 0 Å². The molecule has 1 atom stereocenters. The third kappa shape index (κ3) is 7.57. The van der Waals surface area contributed by atoms with Crippen molar-refractivity contribution in [2.24, 2.45) is 0 Å². The fourth-order valence-electron chi connectivity index (χ4n) is 2.89. The SMILES string of the molecule is CCC(CC)(CNC(=O)OC(C)(C)C)NC(=O)CC(C)c1ccccc1F. The summed E-state index contributed by atoms with van der Waals surface area (Å²) in [6, 6.07) is 6.49.